The molecule has 70 heavy (non-hydrogen) atoms. The summed E-state index contributed by atoms with van der Waals surface area (Å²) in [7, 11) is 0. The molecule has 8 aromatic rings. The molecule has 0 saturated heterocycles. The van der Waals surface area contributed by atoms with Crippen LogP contribution in [0.2, 0.25) is 10.0 Å². The van der Waals surface area contributed by atoms with Crippen molar-refractivity contribution in [1.82, 2.24) is 29.9 Å². The zero-order chi connectivity index (χ0) is 48.4. The van der Waals surface area contributed by atoms with E-state index < -0.39 is 20.3 Å². The molecule has 6 heterocycles. The van der Waals surface area contributed by atoms with Gasteiger partial charge in [-0.3, -0.25) is 19.9 Å². The van der Waals surface area contributed by atoms with Crippen LogP contribution in [0.5, 0.6) is 0 Å². The first kappa shape index (κ1) is 63.8. The van der Waals surface area contributed by atoms with Crippen molar-refractivity contribution in [3.8, 4) is 67.8 Å². The SMILES string of the molecule is Clc1ccc(-c2cc(-c3ccccn3)nc(-c3ccccn3)c2)cc1.Clc1ccc(-c2cc(-c3ccccn3)nc(-c3ccccn3)c2)cc1.O.O=[N+]([O-])[O-].O=[N+]([O-])[O-].O=[N+]([O-])[O-].O=[N+]([O-])[O-].[Cu+2].[Cu+2].[OH3+]. The Labute approximate surface area is 426 Å². The molecule has 2 aromatic carbocycles. The summed E-state index contributed by atoms with van der Waals surface area (Å²) in [6.45, 7) is 0. The molecule has 5 N–H and O–H groups in total. The normalized spacial score (nSPS) is 8.94. The van der Waals surface area contributed by atoms with Gasteiger partial charge in [-0.05, 0) is 119 Å². The van der Waals surface area contributed by atoms with Gasteiger partial charge in [-0.15, -0.1) is 0 Å². The Morgan fingerprint density at radius 1 is 0.329 bits per heavy atom. The molecular weight excluding hydrogens is 1070 g/mol. The zero-order valence-electron chi connectivity index (χ0n) is 35.0. The Hall–Kier alpha value is -8.32. The Morgan fingerprint density at radius 2 is 0.529 bits per heavy atom. The Balaban J connectivity index is 0. The van der Waals surface area contributed by atoms with Crippen LogP contribution in [-0.2, 0) is 39.6 Å². The molecule has 0 saturated carbocycles. The molecule has 0 spiro atoms. The van der Waals surface area contributed by atoms with Gasteiger partial charge in [0.05, 0.1) is 65.9 Å². The molecular formula is C42H33Cl2Cu2N10O14+. The molecule has 0 amide bonds. The molecule has 0 unspecified atom stereocenters. The van der Waals surface area contributed by atoms with E-state index in [9.17, 15) is 0 Å². The molecule has 0 fully saturated rings. The fraction of sp³-hybridized carbons (Fsp3) is 0. The van der Waals surface area contributed by atoms with E-state index in [1.54, 1.807) is 24.8 Å². The molecule has 0 atom stereocenters. The summed E-state index contributed by atoms with van der Waals surface area (Å²) < 4.78 is 0. The second-order valence-electron chi connectivity index (χ2n) is 12.0. The molecule has 8 rings (SSSR count). The van der Waals surface area contributed by atoms with Crippen LogP contribution in [0.3, 0.4) is 0 Å². The largest absolute Gasteiger partial charge is 2.00 e. The monoisotopic (exact) mass is 1100 g/mol. The van der Waals surface area contributed by atoms with E-state index in [0.29, 0.717) is 10.0 Å². The number of hydrogen-bond donors (Lipinski definition) is 0. The minimum absolute atomic E-state index is 0. The van der Waals surface area contributed by atoms with Crippen molar-refractivity contribution in [2.75, 3.05) is 0 Å². The predicted octanol–water partition coefficient (Wildman–Crippen LogP) is 8.34. The molecule has 0 aliphatic rings. The van der Waals surface area contributed by atoms with Crippen LogP contribution in [0.15, 0.2) is 170 Å². The van der Waals surface area contributed by atoms with E-state index in [2.05, 4.69) is 19.9 Å². The van der Waals surface area contributed by atoms with Gasteiger partial charge in [-0.2, -0.15) is 0 Å². The summed E-state index contributed by atoms with van der Waals surface area (Å²) in [5.74, 6) is 0. The van der Waals surface area contributed by atoms with Crippen molar-refractivity contribution >= 4 is 23.2 Å². The van der Waals surface area contributed by atoms with Crippen LogP contribution >= 0.6 is 23.2 Å². The smallest absolute Gasteiger partial charge is 0.457 e. The number of hydrogen-bond acceptors (Lipinski definition) is 18. The maximum absolute atomic E-state index is 8.25. The number of aromatic nitrogens is 6. The third-order valence-corrected chi connectivity index (χ3v) is 8.22. The molecule has 370 valence electrons. The predicted molar refractivity (Wildman–Crippen MR) is 252 cm³/mol. The van der Waals surface area contributed by atoms with E-state index >= 15 is 0 Å². The molecule has 0 aliphatic heterocycles. The summed E-state index contributed by atoms with van der Waals surface area (Å²) in [5, 5.41) is 60.4. The quantitative estimate of drug-likeness (QED) is 0.0653. The molecule has 24 nitrogen and oxygen atoms in total. The van der Waals surface area contributed by atoms with E-state index in [-0.39, 0.29) is 45.1 Å². The van der Waals surface area contributed by atoms with E-state index in [1.165, 1.54) is 0 Å². The maximum atomic E-state index is 8.25. The van der Waals surface area contributed by atoms with Crippen molar-refractivity contribution in [3.63, 3.8) is 0 Å². The van der Waals surface area contributed by atoms with Gasteiger partial charge in [0.1, 0.15) is 0 Å². The average Bonchev–Trinajstić information content (AvgIpc) is 3.30. The second-order valence-corrected chi connectivity index (χ2v) is 12.9. The third-order valence-electron chi connectivity index (χ3n) is 7.72. The Bertz CT molecular complexity index is 2440. The van der Waals surface area contributed by atoms with Crippen molar-refractivity contribution in [2.45, 2.75) is 0 Å². The Morgan fingerprint density at radius 3 is 0.700 bits per heavy atom. The van der Waals surface area contributed by atoms with Crippen LogP contribution in [-0.4, -0.2) is 55.7 Å². The first-order valence-electron chi connectivity index (χ1n) is 18.0. The zero-order valence-corrected chi connectivity index (χ0v) is 38.4. The van der Waals surface area contributed by atoms with Crippen LogP contribution in [0.1, 0.15) is 0 Å². The second kappa shape index (κ2) is 34.0. The fourth-order valence-electron chi connectivity index (χ4n) is 5.26. The fourth-order valence-corrected chi connectivity index (χ4v) is 5.51. The molecule has 2 radical (unpaired) electrons. The molecule has 28 heteroatoms. The summed E-state index contributed by atoms with van der Waals surface area (Å²) in [6.07, 6.45) is 7.08. The number of pyridine rings is 6. The summed E-state index contributed by atoms with van der Waals surface area (Å²) in [6, 6.07) is 46.9. The standard InChI is InChI=1S/2C21H14ClN3.2Cu.4NO3.2H2O/c2*22-17-9-7-15(8-10-17)16-13-20(18-5-1-3-11-23-18)25-21(14-16)19-6-2-4-12-24-19;;;4*2-1(3)4;;/h2*1-14H;;;;;;;2*1H2/q;;2*+2;4*-1;;/p+1. The van der Waals surface area contributed by atoms with Gasteiger partial charge in [0, 0.05) is 34.8 Å². The maximum Gasteiger partial charge on any atom is 2.00 e. The molecule has 0 bridgehead atoms. The van der Waals surface area contributed by atoms with Crippen LogP contribution in [0.25, 0.3) is 67.8 Å². The van der Waals surface area contributed by atoms with Gasteiger partial charge in [-0.1, -0.05) is 71.7 Å². The number of halogens is 2. The van der Waals surface area contributed by atoms with E-state index in [0.717, 1.165) is 67.8 Å². The first-order chi connectivity index (χ1) is 31.5. The third kappa shape index (κ3) is 24.4. The van der Waals surface area contributed by atoms with Gasteiger partial charge in [0.2, 0.25) is 0 Å². The summed E-state index contributed by atoms with van der Waals surface area (Å²) >= 11 is 12.0. The average molecular weight is 1100 g/mol. The van der Waals surface area contributed by atoms with Crippen molar-refractivity contribution in [3.05, 3.63) is 242 Å². The first-order valence-corrected chi connectivity index (χ1v) is 18.8. The summed E-state index contributed by atoms with van der Waals surface area (Å²) in [4.78, 5) is 60.2. The van der Waals surface area contributed by atoms with Crippen LogP contribution in [0, 0.1) is 61.3 Å². The number of benzene rings is 2. The van der Waals surface area contributed by atoms with Gasteiger partial charge >= 0.3 is 34.1 Å². The van der Waals surface area contributed by atoms with Gasteiger partial charge in [-0.25, -0.2) is 9.97 Å². The minimum Gasteiger partial charge on any atom is -0.457 e. The van der Waals surface area contributed by atoms with E-state index in [4.69, 9.17) is 94.5 Å². The Kier molecular flexibility index (Phi) is 31.0. The minimum atomic E-state index is -1.75. The summed E-state index contributed by atoms with van der Waals surface area (Å²) in [5.41, 5.74) is 10.8. The van der Waals surface area contributed by atoms with Crippen molar-refractivity contribution in [2.24, 2.45) is 0 Å². The van der Waals surface area contributed by atoms with Crippen LogP contribution in [0.4, 0.5) is 0 Å². The van der Waals surface area contributed by atoms with Crippen LogP contribution < -0.4 is 0 Å². The van der Waals surface area contributed by atoms with Gasteiger partial charge in [0.15, 0.2) is 0 Å². The van der Waals surface area contributed by atoms with E-state index in [1.807, 2.05) is 146 Å². The number of rotatable bonds is 6. The molecule has 6 aromatic heterocycles. The molecule has 0 aliphatic carbocycles. The van der Waals surface area contributed by atoms with Gasteiger partial charge in [0.25, 0.3) is 0 Å². The topological polar surface area (TPSA) is 407 Å². The van der Waals surface area contributed by atoms with Crippen molar-refractivity contribution < 1.29 is 65.4 Å². The van der Waals surface area contributed by atoms with Gasteiger partial charge < -0.3 is 72.2 Å². The number of nitrogens with zero attached hydrogens (tertiary/aromatic N) is 10. The van der Waals surface area contributed by atoms with Crippen molar-refractivity contribution in [1.29, 1.82) is 0 Å².